The van der Waals surface area contributed by atoms with Crippen molar-refractivity contribution >= 4 is 25.3 Å². The van der Waals surface area contributed by atoms with Crippen LogP contribution in [0, 0.1) is 20.8 Å². The summed E-state index contributed by atoms with van der Waals surface area (Å²) < 4.78 is 6.67. The molecule has 0 aliphatic heterocycles. The molecule has 0 fully saturated rings. The van der Waals surface area contributed by atoms with Crippen molar-refractivity contribution in [2.24, 2.45) is 4.99 Å². The monoisotopic (exact) mass is 535 g/mol. The van der Waals surface area contributed by atoms with Crippen LogP contribution in [0.1, 0.15) is 73.4 Å². The van der Waals surface area contributed by atoms with Gasteiger partial charge < -0.3 is 4.74 Å². The fourth-order valence-corrected chi connectivity index (χ4v) is 7.54. The van der Waals surface area contributed by atoms with E-state index in [0.717, 1.165) is 36.4 Å². The fourth-order valence-electron chi connectivity index (χ4n) is 5.51. The molecule has 39 heavy (non-hydrogen) atoms. The molecule has 0 aliphatic rings. The maximum Gasteiger partial charge on any atom is 0.126 e. The van der Waals surface area contributed by atoms with Crippen molar-refractivity contribution in [1.29, 1.82) is 0 Å². The van der Waals surface area contributed by atoms with Crippen LogP contribution in [0.15, 0.2) is 96.0 Å². The molecule has 4 aromatic carbocycles. The van der Waals surface area contributed by atoms with E-state index in [1.165, 1.54) is 38.7 Å². The summed E-state index contributed by atoms with van der Waals surface area (Å²) in [5, 5.41) is 1.39. The van der Waals surface area contributed by atoms with E-state index in [1.807, 2.05) is 18.2 Å². The third-order valence-corrected chi connectivity index (χ3v) is 9.79. The molecule has 0 N–H and O–H groups in total. The molecule has 2 atom stereocenters. The van der Waals surface area contributed by atoms with Crippen LogP contribution in [0.3, 0.4) is 0 Å². The van der Waals surface area contributed by atoms with Crippen LogP contribution in [-0.2, 0) is 11.8 Å². The minimum atomic E-state index is -0.0224. The van der Waals surface area contributed by atoms with Gasteiger partial charge in [-0.3, -0.25) is 4.99 Å². The van der Waals surface area contributed by atoms with Crippen LogP contribution in [-0.4, -0.2) is 5.71 Å². The highest BCUT2D eigenvalue weighted by Crippen LogP contribution is 2.52. The first-order valence-corrected chi connectivity index (χ1v) is 15.1. The minimum absolute atomic E-state index is 0.0224. The van der Waals surface area contributed by atoms with E-state index in [9.17, 15) is 0 Å². The van der Waals surface area contributed by atoms with Gasteiger partial charge in [0.15, 0.2) is 0 Å². The molecule has 0 saturated carbocycles. The molecule has 2 unspecified atom stereocenters. The zero-order valence-corrected chi connectivity index (χ0v) is 25.3. The van der Waals surface area contributed by atoms with Gasteiger partial charge in [-0.15, -0.1) is 0 Å². The summed E-state index contributed by atoms with van der Waals surface area (Å²) in [5.74, 6) is 1.05. The first kappa shape index (κ1) is 28.8. The maximum atomic E-state index is 6.67. The normalized spacial score (nSPS) is 13.5. The number of hydrogen-bond acceptors (Lipinski definition) is 2. The number of benzene rings is 4. The number of rotatable bonds is 11. The van der Waals surface area contributed by atoms with Crippen molar-refractivity contribution in [3.63, 3.8) is 0 Å². The smallest absolute Gasteiger partial charge is 0.126 e. The molecule has 4 aromatic rings. The highest BCUT2D eigenvalue weighted by Gasteiger charge is 2.35. The fraction of sp³-hybridized carbons (Fsp3) is 0.306. The van der Waals surface area contributed by atoms with Gasteiger partial charge in [-0.2, -0.15) is 0 Å². The van der Waals surface area contributed by atoms with E-state index in [0.29, 0.717) is 15.2 Å². The highest BCUT2D eigenvalue weighted by molar-refractivity contribution is 7.49. The largest absolute Gasteiger partial charge is 0.488 e. The summed E-state index contributed by atoms with van der Waals surface area (Å²) in [6.07, 6.45) is 3.27. The summed E-state index contributed by atoms with van der Waals surface area (Å²) in [7, 11) is 0.601. The second kappa shape index (κ2) is 13.2. The van der Waals surface area contributed by atoms with Gasteiger partial charge in [-0.25, -0.2) is 0 Å². The number of ether oxygens (including phenoxy) is 1. The predicted molar refractivity (Wildman–Crippen MR) is 171 cm³/mol. The maximum absolute atomic E-state index is 6.67. The molecule has 0 aliphatic carbocycles. The van der Waals surface area contributed by atoms with Gasteiger partial charge in [-0.05, 0) is 74.7 Å². The number of aliphatic imine (C=N–C) groups is 1. The molecule has 0 heterocycles. The zero-order valence-electron chi connectivity index (χ0n) is 24.3. The van der Waals surface area contributed by atoms with Gasteiger partial charge >= 0.3 is 0 Å². The zero-order chi connectivity index (χ0) is 27.8. The third kappa shape index (κ3) is 6.87. The molecular weight excluding hydrogens is 493 g/mol. The van der Waals surface area contributed by atoms with Crippen LogP contribution in [0.5, 0.6) is 5.75 Å². The Hall–Kier alpha value is -3.22. The molecule has 4 rings (SSSR count). The molecule has 3 heteroatoms. The molecule has 0 aromatic heterocycles. The molecule has 202 valence electrons. The summed E-state index contributed by atoms with van der Waals surface area (Å²) in [6, 6.07) is 32.1. The first-order valence-electron chi connectivity index (χ1n) is 14.1. The molecule has 0 amide bonds. The van der Waals surface area contributed by atoms with Crippen LogP contribution >= 0.6 is 8.58 Å². The van der Waals surface area contributed by atoms with Crippen molar-refractivity contribution in [3.8, 4) is 5.75 Å². The van der Waals surface area contributed by atoms with E-state index >= 15 is 0 Å². The molecule has 0 saturated heterocycles. The van der Waals surface area contributed by atoms with E-state index in [2.05, 4.69) is 114 Å². The van der Waals surface area contributed by atoms with Crippen molar-refractivity contribution in [2.75, 3.05) is 0 Å². The van der Waals surface area contributed by atoms with Gasteiger partial charge in [-0.1, -0.05) is 113 Å². The van der Waals surface area contributed by atoms with Gasteiger partial charge in [0.2, 0.25) is 0 Å². The van der Waals surface area contributed by atoms with Crippen LogP contribution < -0.4 is 10.0 Å². The van der Waals surface area contributed by atoms with E-state index in [-0.39, 0.29) is 5.16 Å². The summed E-state index contributed by atoms with van der Waals surface area (Å²) in [6.45, 7) is 14.0. The molecular formula is C36H42NOP. The first-order chi connectivity index (χ1) is 18.9. The number of para-hydroxylation sites is 1. The second-order valence-corrected chi connectivity index (χ2v) is 12.3. The van der Waals surface area contributed by atoms with Crippen LogP contribution in [0.4, 0.5) is 5.69 Å². The van der Waals surface area contributed by atoms with E-state index in [4.69, 9.17) is 9.73 Å². The van der Waals surface area contributed by atoms with Crippen molar-refractivity contribution < 1.29 is 4.74 Å². The van der Waals surface area contributed by atoms with Crippen LogP contribution in [0.25, 0.3) is 0 Å². The van der Waals surface area contributed by atoms with E-state index < -0.39 is 0 Å². The Morgan fingerprint density at radius 2 is 1.51 bits per heavy atom. The van der Waals surface area contributed by atoms with Gasteiger partial charge in [0.1, 0.15) is 12.4 Å². The van der Waals surface area contributed by atoms with Gasteiger partial charge in [0.05, 0.1) is 5.69 Å². The highest BCUT2D eigenvalue weighted by atomic mass is 31.1. The molecule has 2 nitrogen and oxygen atoms in total. The number of hydrogen-bond donors (Lipinski definition) is 0. The summed E-state index contributed by atoms with van der Waals surface area (Å²) in [5.41, 5.74) is 9.69. The Kier molecular flexibility index (Phi) is 9.76. The quantitative estimate of drug-likeness (QED) is 0.138. The Morgan fingerprint density at radius 1 is 0.821 bits per heavy atom. The predicted octanol–water partition coefficient (Wildman–Crippen LogP) is 9.74. The summed E-state index contributed by atoms with van der Waals surface area (Å²) >= 11 is 0. The lowest BCUT2D eigenvalue weighted by atomic mass is 9.87. The molecule has 0 radical (unpaired) electrons. The number of aryl methyl sites for hydroxylation is 3. The summed E-state index contributed by atoms with van der Waals surface area (Å²) in [4.78, 5) is 5.01. The Labute approximate surface area is 237 Å². The Bertz CT molecular complexity index is 1410. The average molecular weight is 536 g/mol. The van der Waals surface area contributed by atoms with Gasteiger partial charge in [0.25, 0.3) is 0 Å². The minimum Gasteiger partial charge on any atom is -0.488 e. The standard InChI is InChI=1S/C36H42NOP/c1-7-22-36(8-2,33-24-26(3)23-28(5)34(33)38-25-30-17-11-9-12-18-30)39-35-27(4)16-15-21-32(35)29(6)37-31-19-13-10-14-20-31/h9-21,23-24,39H,7-8,22,25H2,1-6H3/b37-29+. The van der Waals surface area contributed by atoms with Crippen molar-refractivity contribution in [2.45, 2.75) is 72.6 Å². The topological polar surface area (TPSA) is 21.6 Å². The van der Waals surface area contributed by atoms with Crippen molar-refractivity contribution in [3.05, 3.63) is 124 Å². The second-order valence-electron chi connectivity index (χ2n) is 10.6. The Morgan fingerprint density at radius 3 is 2.18 bits per heavy atom. The lowest BCUT2D eigenvalue weighted by molar-refractivity contribution is 0.295. The number of nitrogens with zero attached hydrogens (tertiary/aromatic N) is 1. The third-order valence-electron chi connectivity index (χ3n) is 7.52. The van der Waals surface area contributed by atoms with E-state index in [1.54, 1.807) is 0 Å². The average Bonchev–Trinajstić information content (AvgIpc) is 2.94. The molecule has 0 bridgehead atoms. The SMILES string of the molecule is CCCC(CC)(Pc1c(C)cccc1/C(C)=N/c1ccccc1)c1cc(C)cc(C)c1OCc1ccccc1. The van der Waals surface area contributed by atoms with Gasteiger partial charge in [0, 0.05) is 22.0 Å². The van der Waals surface area contributed by atoms with Crippen LogP contribution in [0.2, 0.25) is 0 Å². The molecule has 0 spiro atoms. The Balaban J connectivity index is 1.81. The lowest BCUT2D eigenvalue weighted by Gasteiger charge is -2.37. The lowest BCUT2D eigenvalue weighted by Crippen LogP contribution is -2.27. The van der Waals surface area contributed by atoms with Crippen molar-refractivity contribution in [1.82, 2.24) is 0 Å².